The zero-order valence-electron chi connectivity index (χ0n) is 11.8. The Balaban J connectivity index is 1.75. The standard InChI is InChI=1S/C16H17N3O2/c1-12-3-2-4-14(11-12)16(21)19-10-9-18-15(20)13-5-7-17-8-6-13/h2-8,11H,9-10H2,1H3,(H,18,20)(H,19,21). The lowest BCUT2D eigenvalue weighted by Crippen LogP contribution is -2.34. The summed E-state index contributed by atoms with van der Waals surface area (Å²) in [5.74, 6) is -0.320. The maximum atomic E-state index is 11.9. The molecule has 0 aliphatic rings. The van der Waals surface area contributed by atoms with Crippen LogP contribution in [0.25, 0.3) is 0 Å². The molecular weight excluding hydrogens is 266 g/mol. The Morgan fingerprint density at radius 1 is 0.952 bits per heavy atom. The van der Waals surface area contributed by atoms with E-state index < -0.39 is 0 Å². The molecule has 0 fully saturated rings. The summed E-state index contributed by atoms with van der Waals surface area (Å²) in [7, 11) is 0. The van der Waals surface area contributed by atoms with Crippen LogP contribution >= 0.6 is 0 Å². The number of rotatable bonds is 5. The van der Waals surface area contributed by atoms with Gasteiger partial charge in [-0.3, -0.25) is 14.6 Å². The van der Waals surface area contributed by atoms with E-state index >= 15 is 0 Å². The van der Waals surface area contributed by atoms with Crippen LogP contribution in [0.5, 0.6) is 0 Å². The molecule has 0 radical (unpaired) electrons. The van der Waals surface area contributed by atoms with E-state index in [4.69, 9.17) is 0 Å². The lowest BCUT2D eigenvalue weighted by molar-refractivity contribution is 0.0927. The molecule has 2 aromatic rings. The average Bonchev–Trinajstić information content (AvgIpc) is 2.52. The van der Waals surface area contributed by atoms with E-state index in [0.29, 0.717) is 24.2 Å². The molecule has 5 heteroatoms. The van der Waals surface area contributed by atoms with E-state index in [1.807, 2.05) is 25.1 Å². The highest BCUT2D eigenvalue weighted by atomic mass is 16.2. The third kappa shape index (κ3) is 4.42. The Bertz CT molecular complexity index is 626. The smallest absolute Gasteiger partial charge is 0.251 e. The Kier molecular flexibility index (Phi) is 5.04. The molecule has 0 aliphatic carbocycles. The van der Waals surface area contributed by atoms with Gasteiger partial charge in [0.25, 0.3) is 11.8 Å². The second-order valence-corrected chi connectivity index (χ2v) is 4.62. The molecule has 1 aromatic heterocycles. The monoisotopic (exact) mass is 283 g/mol. The van der Waals surface area contributed by atoms with Crippen molar-refractivity contribution in [1.29, 1.82) is 0 Å². The first-order chi connectivity index (χ1) is 10.2. The summed E-state index contributed by atoms with van der Waals surface area (Å²) in [6.45, 7) is 2.69. The van der Waals surface area contributed by atoms with E-state index in [-0.39, 0.29) is 11.8 Å². The fourth-order valence-corrected chi connectivity index (χ4v) is 1.85. The van der Waals surface area contributed by atoms with E-state index in [0.717, 1.165) is 5.56 Å². The lowest BCUT2D eigenvalue weighted by atomic mass is 10.1. The first kappa shape index (κ1) is 14.7. The summed E-state index contributed by atoms with van der Waals surface area (Å²) in [6.07, 6.45) is 3.13. The van der Waals surface area contributed by atoms with E-state index in [9.17, 15) is 9.59 Å². The van der Waals surface area contributed by atoms with Gasteiger partial charge in [0.1, 0.15) is 0 Å². The highest BCUT2D eigenvalue weighted by Gasteiger charge is 2.06. The Hall–Kier alpha value is -2.69. The largest absolute Gasteiger partial charge is 0.350 e. The average molecular weight is 283 g/mol. The molecule has 0 aliphatic heterocycles. The van der Waals surface area contributed by atoms with Crippen LogP contribution in [-0.2, 0) is 0 Å². The van der Waals surface area contributed by atoms with Gasteiger partial charge in [0.2, 0.25) is 0 Å². The van der Waals surface area contributed by atoms with E-state index in [2.05, 4.69) is 15.6 Å². The van der Waals surface area contributed by atoms with Crippen molar-refractivity contribution in [2.24, 2.45) is 0 Å². The molecule has 0 spiro atoms. The predicted molar refractivity (Wildman–Crippen MR) is 80.1 cm³/mol. The minimum absolute atomic E-state index is 0.142. The highest BCUT2D eigenvalue weighted by molar-refractivity contribution is 5.95. The van der Waals surface area contributed by atoms with Gasteiger partial charge in [-0.25, -0.2) is 0 Å². The lowest BCUT2D eigenvalue weighted by Gasteiger charge is -2.07. The van der Waals surface area contributed by atoms with E-state index in [1.165, 1.54) is 0 Å². The summed E-state index contributed by atoms with van der Waals surface area (Å²) in [5.41, 5.74) is 2.21. The normalized spacial score (nSPS) is 9.95. The number of pyridine rings is 1. The fraction of sp³-hybridized carbons (Fsp3) is 0.188. The first-order valence-corrected chi connectivity index (χ1v) is 6.70. The predicted octanol–water partition coefficient (Wildman–Crippen LogP) is 1.55. The van der Waals surface area contributed by atoms with Gasteiger partial charge in [-0.1, -0.05) is 17.7 Å². The molecule has 1 heterocycles. The summed E-state index contributed by atoms with van der Waals surface area (Å²) in [4.78, 5) is 27.5. The number of benzene rings is 1. The minimum atomic E-state index is -0.179. The van der Waals surface area contributed by atoms with Gasteiger partial charge < -0.3 is 10.6 Å². The Morgan fingerprint density at radius 3 is 2.19 bits per heavy atom. The van der Waals surface area contributed by atoms with Crippen molar-refractivity contribution < 1.29 is 9.59 Å². The van der Waals surface area contributed by atoms with Crippen molar-refractivity contribution in [3.63, 3.8) is 0 Å². The van der Waals surface area contributed by atoms with Gasteiger partial charge in [0.05, 0.1) is 0 Å². The Morgan fingerprint density at radius 2 is 1.57 bits per heavy atom. The van der Waals surface area contributed by atoms with Gasteiger partial charge >= 0.3 is 0 Å². The molecule has 2 amide bonds. The third-order valence-electron chi connectivity index (χ3n) is 2.92. The third-order valence-corrected chi connectivity index (χ3v) is 2.92. The van der Waals surface area contributed by atoms with Crippen molar-refractivity contribution in [1.82, 2.24) is 15.6 Å². The van der Waals surface area contributed by atoms with Crippen molar-refractivity contribution in [3.8, 4) is 0 Å². The molecule has 0 unspecified atom stereocenters. The van der Waals surface area contributed by atoms with Crippen LogP contribution in [0.4, 0.5) is 0 Å². The molecular formula is C16H17N3O2. The molecule has 2 N–H and O–H groups in total. The van der Waals surface area contributed by atoms with Crippen molar-refractivity contribution in [2.45, 2.75) is 6.92 Å². The molecule has 0 atom stereocenters. The summed E-state index contributed by atoms with van der Waals surface area (Å²) in [5, 5.41) is 5.50. The molecule has 108 valence electrons. The number of nitrogens with one attached hydrogen (secondary N) is 2. The van der Waals surface area contributed by atoms with Gasteiger partial charge in [0.15, 0.2) is 0 Å². The van der Waals surface area contributed by atoms with Crippen molar-refractivity contribution in [2.75, 3.05) is 13.1 Å². The maximum absolute atomic E-state index is 11.9. The van der Waals surface area contributed by atoms with Crippen molar-refractivity contribution >= 4 is 11.8 Å². The summed E-state index contributed by atoms with van der Waals surface area (Å²) < 4.78 is 0. The number of aromatic nitrogens is 1. The van der Waals surface area contributed by atoms with Gasteiger partial charge in [-0.15, -0.1) is 0 Å². The van der Waals surface area contributed by atoms with Crippen LogP contribution in [0.3, 0.4) is 0 Å². The molecule has 2 rings (SSSR count). The number of hydrogen-bond donors (Lipinski definition) is 2. The zero-order valence-corrected chi connectivity index (χ0v) is 11.8. The molecule has 0 saturated heterocycles. The fourth-order valence-electron chi connectivity index (χ4n) is 1.85. The number of aryl methyl sites for hydroxylation is 1. The van der Waals surface area contributed by atoms with Crippen LogP contribution in [0.15, 0.2) is 48.8 Å². The molecule has 1 aromatic carbocycles. The number of carbonyl (C=O) groups is 2. The molecule has 0 saturated carbocycles. The molecule has 0 bridgehead atoms. The highest BCUT2D eigenvalue weighted by Crippen LogP contribution is 2.03. The van der Waals surface area contributed by atoms with Gasteiger partial charge in [0, 0.05) is 36.6 Å². The van der Waals surface area contributed by atoms with Crippen LogP contribution in [-0.4, -0.2) is 29.9 Å². The number of nitrogens with zero attached hydrogens (tertiary/aromatic N) is 1. The quantitative estimate of drug-likeness (QED) is 0.818. The number of carbonyl (C=O) groups excluding carboxylic acids is 2. The molecule has 21 heavy (non-hydrogen) atoms. The second kappa shape index (κ2) is 7.19. The topological polar surface area (TPSA) is 71.1 Å². The first-order valence-electron chi connectivity index (χ1n) is 6.70. The maximum Gasteiger partial charge on any atom is 0.251 e. The van der Waals surface area contributed by atoms with E-state index in [1.54, 1.807) is 30.6 Å². The van der Waals surface area contributed by atoms with Gasteiger partial charge in [-0.05, 0) is 31.2 Å². The van der Waals surface area contributed by atoms with Crippen LogP contribution in [0.2, 0.25) is 0 Å². The minimum Gasteiger partial charge on any atom is -0.350 e. The van der Waals surface area contributed by atoms with Gasteiger partial charge in [-0.2, -0.15) is 0 Å². The molecule has 5 nitrogen and oxygen atoms in total. The SMILES string of the molecule is Cc1cccc(C(=O)NCCNC(=O)c2ccncc2)c1. The second-order valence-electron chi connectivity index (χ2n) is 4.62. The van der Waals surface area contributed by atoms with Crippen LogP contribution < -0.4 is 10.6 Å². The number of hydrogen-bond acceptors (Lipinski definition) is 3. The number of amides is 2. The van der Waals surface area contributed by atoms with Crippen LogP contribution in [0.1, 0.15) is 26.3 Å². The Labute approximate surface area is 123 Å². The zero-order chi connectivity index (χ0) is 15.1. The summed E-state index contributed by atoms with van der Waals surface area (Å²) in [6, 6.07) is 10.6. The van der Waals surface area contributed by atoms with Crippen LogP contribution in [0, 0.1) is 6.92 Å². The summed E-state index contributed by atoms with van der Waals surface area (Å²) >= 11 is 0. The van der Waals surface area contributed by atoms with Crippen molar-refractivity contribution in [3.05, 3.63) is 65.5 Å².